The van der Waals surface area contributed by atoms with E-state index in [2.05, 4.69) is 107 Å². The lowest BCUT2D eigenvalue weighted by Gasteiger charge is -2.38. The molecule has 0 bridgehead atoms. The van der Waals surface area contributed by atoms with Crippen molar-refractivity contribution in [1.29, 1.82) is 0 Å². The number of hydrogen-bond acceptors (Lipinski definition) is 3. The Morgan fingerprint density at radius 1 is 0.425 bits per heavy atom. The first-order valence-electron chi connectivity index (χ1n) is 13.4. The number of benzene rings is 6. The van der Waals surface area contributed by atoms with E-state index in [-0.39, 0.29) is 0 Å². The molecule has 0 saturated carbocycles. The van der Waals surface area contributed by atoms with Gasteiger partial charge in [0.05, 0.1) is 22.4 Å². The number of hydrogen-bond donors (Lipinski definition) is 0. The molecule has 0 unspecified atom stereocenters. The van der Waals surface area contributed by atoms with E-state index in [0.29, 0.717) is 0 Å². The number of para-hydroxylation sites is 6. The quantitative estimate of drug-likeness (QED) is 0.230. The fourth-order valence-corrected chi connectivity index (χ4v) is 6.19. The van der Waals surface area contributed by atoms with Gasteiger partial charge in [0.2, 0.25) is 0 Å². The lowest BCUT2D eigenvalue weighted by atomic mass is 9.99. The minimum atomic E-state index is 0.782. The van der Waals surface area contributed by atoms with Crippen LogP contribution in [0.4, 0.5) is 17.1 Å². The lowest BCUT2D eigenvalue weighted by Crippen LogP contribution is -2.20. The molecule has 0 N–H and O–H groups in total. The van der Waals surface area contributed by atoms with Crippen molar-refractivity contribution in [2.24, 2.45) is 0 Å². The van der Waals surface area contributed by atoms with E-state index >= 15 is 0 Å². The van der Waals surface area contributed by atoms with Crippen molar-refractivity contribution in [3.8, 4) is 39.8 Å². The molecule has 0 spiro atoms. The Labute approximate surface area is 230 Å². The van der Waals surface area contributed by atoms with Gasteiger partial charge in [-0.15, -0.1) is 0 Å². The Balaban J connectivity index is 1.28. The second kappa shape index (κ2) is 8.01. The van der Waals surface area contributed by atoms with Gasteiger partial charge < -0.3 is 14.0 Å². The maximum atomic E-state index is 6.50. The maximum Gasteiger partial charge on any atom is 0.156 e. The average Bonchev–Trinajstić information content (AvgIpc) is 3.35. The molecular formula is C36H22N2O2. The molecule has 4 heteroatoms. The van der Waals surface area contributed by atoms with Crippen LogP contribution in [-0.2, 0) is 0 Å². The second-order valence-electron chi connectivity index (χ2n) is 10.2. The van der Waals surface area contributed by atoms with Gasteiger partial charge in [-0.25, -0.2) is 0 Å². The SMILES string of the molecule is c1ccc(-n2c3ccccc3c3ccc(-c4cc5c6c(c4)Oc4ccccc4N6c4ccccc4O5)cc32)cc1. The van der Waals surface area contributed by atoms with Crippen LogP contribution in [0.25, 0.3) is 38.6 Å². The Morgan fingerprint density at radius 2 is 1.02 bits per heavy atom. The first-order chi connectivity index (χ1) is 19.8. The molecule has 0 fully saturated rings. The van der Waals surface area contributed by atoms with Crippen LogP contribution >= 0.6 is 0 Å². The molecule has 0 amide bonds. The van der Waals surface area contributed by atoms with Crippen molar-refractivity contribution in [2.75, 3.05) is 4.90 Å². The summed E-state index contributed by atoms with van der Waals surface area (Å²) in [5.74, 6) is 3.22. The number of anilines is 3. The van der Waals surface area contributed by atoms with Crippen LogP contribution in [-0.4, -0.2) is 4.57 Å². The van der Waals surface area contributed by atoms with Crippen LogP contribution in [0.2, 0.25) is 0 Å². The summed E-state index contributed by atoms with van der Waals surface area (Å²) in [6.45, 7) is 0. The van der Waals surface area contributed by atoms with Gasteiger partial charge in [0.1, 0.15) is 5.69 Å². The van der Waals surface area contributed by atoms with Crippen LogP contribution in [0, 0.1) is 0 Å². The minimum absolute atomic E-state index is 0.782. The number of aromatic nitrogens is 1. The molecule has 0 aliphatic carbocycles. The van der Waals surface area contributed by atoms with Gasteiger partial charge in [0, 0.05) is 16.5 Å². The molecule has 1 aromatic heterocycles. The zero-order chi connectivity index (χ0) is 26.2. The molecule has 4 nitrogen and oxygen atoms in total. The Kier molecular flexibility index (Phi) is 4.30. The summed E-state index contributed by atoms with van der Waals surface area (Å²) in [6.07, 6.45) is 0. The van der Waals surface area contributed by atoms with E-state index in [9.17, 15) is 0 Å². The first kappa shape index (κ1) is 21.5. The van der Waals surface area contributed by atoms with E-state index in [1.807, 2.05) is 36.4 Å². The van der Waals surface area contributed by atoms with Crippen LogP contribution in [0.5, 0.6) is 23.0 Å². The second-order valence-corrected chi connectivity index (χ2v) is 10.2. The minimum Gasteiger partial charge on any atom is -0.453 e. The van der Waals surface area contributed by atoms with E-state index in [0.717, 1.165) is 62.4 Å². The average molecular weight is 515 g/mol. The van der Waals surface area contributed by atoms with Crippen molar-refractivity contribution < 1.29 is 9.47 Å². The third-order valence-corrected chi connectivity index (χ3v) is 7.94. The Hall–Kier alpha value is -5.48. The maximum absolute atomic E-state index is 6.50. The van der Waals surface area contributed by atoms with E-state index < -0.39 is 0 Å². The molecule has 0 atom stereocenters. The fraction of sp³-hybridized carbons (Fsp3) is 0. The third-order valence-electron chi connectivity index (χ3n) is 7.94. The largest absolute Gasteiger partial charge is 0.453 e. The predicted octanol–water partition coefficient (Wildman–Crippen LogP) is 10.1. The van der Waals surface area contributed by atoms with E-state index in [1.165, 1.54) is 16.3 Å². The van der Waals surface area contributed by atoms with Crippen LogP contribution < -0.4 is 14.4 Å². The summed E-state index contributed by atoms with van der Waals surface area (Å²) in [6, 6.07) is 46.5. The molecule has 2 aliphatic heterocycles. The highest BCUT2D eigenvalue weighted by atomic mass is 16.5. The predicted molar refractivity (Wildman–Crippen MR) is 161 cm³/mol. The molecule has 40 heavy (non-hydrogen) atoms. The lowest BCUT2D eigenvalue weighted by molar-refractivity contribution is 0.446. The van der Waals surface area contributed by atoms with Crippen molar-refractivity contribution in [1.82, 2.24) is 4.57 Å². The Morgan fingerprint density at radius 3 is 1.75 bits per heavy atom. The smallest absolute Gasteiger partial charge is 0.156 e. The molecule has 2 aliphatic rings. The van der Waals surface area contributed by atoms with Gasteiger partial charge in [-0.1, -0.05) is 72.8 Å². The summed E-state index contributed by atoms with van der Waals surface area (Å²) >= 11 is 0. The van der Waals surface area contributed by atoms with Crippen LogP contribution in [0.3, 0.4) is 0 Å². The number of rotatable bonds is 2. The molecule has 0 radical (unpaired) electrons. The summed E-state index contributed by atoms with van der Waals surface area (Å²) < 4.78 is 15.4. The van der Waals surface area contributed by atoms with E-state index in [4.69, 9.17) is 9.47 Å². The summed E-state index contributed by atoms with van der Waals surface area (Å²) in [5, 5.41) is 2.47. The molecule has 9 rings (SSSR count). The highest BCUT2D eigenvalue weighted by molar-refractivity contribution is 6.10. The highest BCUT2D eigenvalue weighted by Gasteiger charge is 2.34. The van der Waals surface area contributed by atoms with Gasteiger partial charge in [0.15, 0.2) is 23.0 Å². The molecule has 188 valence electrons. The third kappa shape index (κ3) is 2.96. The van der Waals surface area contributed by atoms with Crippen molar-refractivity contribution in [2.45, 2.75) is 0 Å². The van der Waals surface area contributed by atoms with Gasteiger partial charge in [-0.05, 0) is 71.8 Å². The number of ether oxygens (including phenoxy) is 2. The molecular weight excluding hydrogens is 492 g/mol. The van der Waals surface area contributed by atoms with Gasteiger partial charge in [0.25, 0.3) is 0 Å². The van der Waals surface area contributed by atoms with Crippen molar-refractivity contribution >= 4 is 38.9 Å². The topological polar surface area (TPSA) is 26.6 Å². The Bertz CT molecular complexity index is 2060. The van der Waals surface area contributed by atoms with E-state index in [1.54, 1.807) is 0 Å². The summed E-state index contributed by atoms with van der Waals surface area (Å²) in [4.78, 5) is 2.25. The normalized spacial score (nSPS) is 12.8. The number of nitrogens with zero attached hydrogens (tertiary/aromatic N) is 2. The first-order valence-corrected chi connectivity index (χ1v) is 13.4. The standard InChI is InChI=1S/C36H22N2O2/c1-2-10-25(11-3-1)37-28-13-5-4-12-26(28)27-19-18-23(20-31(27)37)24-21-34-36-35(22-24)40-33-17-9-7-15-30(33)38(36)29-14-6-8-16-32(29)39-34/h1-22H. The molecule has 6 aromatic carbocycles. The van der Waals surface area contributed by atoms with Crippen molar-refractivity contribution in [3.05, 3.63) is 133 Å². The van der Waals surface area contributed by atoms with Gasteiger partial charge in [-0.3, -0.25) is 4.90 Å². The monoisotopic (exact) mass is 514 g/mol. The summed E-state index contributed by atoms with van der Waals surface area (Å²) in [7, 11) is 0. The summed E-state index contributed by atoms with van der Waals surface area (Å²) in [5.41, 5.74) is 8.58. The fourth-order valence-electron chi connectivity index (χ4n) is 6.19. The zero-order valence-electron chi connectivity index (χ0n) is 21.4. The van der Waals surface area contributed by atoms with Crippen LogP contribution in [0.15, 0.2) is 133 Å². The van der Waals surface area contributed by atoms with Gasteiger partial charge in [-0.2, -0.15) is 0 Å². The highest BCUT2D eigenvalue weighted by Crippen LogP contribution is 2.60. The zero-order valence-corrected chi connectivity index (χ0v) is 21.4. The molecule has 0 saturated heterocycles. The molecule has 7 aromatic rings. The van der Waals surface area contributed by atoms with Gasteiger partial charge >= 0.3 is 0 Å². The van der Waals surface area contributed by atoms with Crippen LogP contribution in [0.1, 0.15) is 0 Å². The van der Waals surface area contributed by atoms with Crippen molar-refractivity contribution in [3.63, 3.8) is 0 Å². The molecule has 3 heterocycles. The number of fused-ring (bicyclic) bond motifs is 7.